The standard InChI is InChI=1S/C42H44F5N3O4/c1-25-33(23-50-20-6-8-31(50)22-49-18-4-5-19-49)53-42(54-40(25)28-12-10-26(24-51)11-13-28)29-16-14-27(15-17-29)32-9-3-2-7-30(32)21-48-41(52)34-35(43)37(45)39(47)38(46)36(34)44/h2-3,7,9-17,25,31,33,40,42,51H,4-6,8,18-24H2,1H3,(H,48,52). The van der Waals surface area contributed by atoms with E-state index in [2.05, 4.69) is 22.0 Å². The number of ether oxygens (including phenoxy) is 2. The van der Waals surface area contributed by atoms with E-state index in [1.165, 1.54) is 19.3 Å². The molecule has 0 bridgehead atoms. The van der Waals surface area contributed by atoms with Gasteiger partial charge in [-0.1, -0.05) is 79.7 Å². The molecule has 286 valence electrons. The summed E-state index contributed by atoms with van der Waals surface area (Å²) in [6, 6.07) is 22.9. The number of aliphatic hydroxyl groups is 1. The summed E-state index contributed by atoms with van der Waals surface area (Å²) in [5.74, 6) is -12.5. The van der Waals surface area contributed by atoms with Crippen molar-refractivity contribution in [3.05, 3.63) is 130 Å². The Morgan fingerprint density at radius 2 is 1.43 bits per heavy atom. The Hall–Kier alpha value is -4.20. The van der Waals surface area contributed by atoms with Crippen LogP contribution in [0.2, 0.25) is 0 Å². The lowest BCUT2D eigenvalue weighted by molar-refractivity contribution is -0.276. The summed E-state index contributed by atoms with van der Waals surface area (Å²) in [6.45, 7) is 7.10. The molecule has 3 aliphatic heterocycles. The first kappa shape index (κ1) is 38.1. The zero-order valence-electron chi connectivity index (χ0n) is 30.0. The molecule has 0 radical (unpaired) electrons. The smallest absolute Gasteiger partial charge is 0.257 e. The highest BCUT2D eigenvalue weighted by Crippen LogP contribution is 2.43. The molecule has 0 spiro atoms. The molecule has 3 aliphatic rings. The van der Waals surface area contributed by atoms with Crippen LogP contribution in [-0.4, -0.2) is 65.7 Å². The first-order valence-corrected chi connectivity index (χ1v) is 18.6. The van der Waals surface area contributed by atoms with E-state index in [-0.39, 0.29) is 31.3 Å². The molecule has 3 fully saturated rings. The third-order valence-corrected chi connectivity index (χ3v) is 11.1. The van der Waals surface area contributed by atoms with Crippen LogP contribution >= 0.6 is 0 Å². The number of benzene rings is 4. The number of nitrogens with one attached hydrogen (secondary N) is 1. The van der Waals surface area contributed by atoms with Crippen molar-refractivity contribution in [1.82, 2.24) is 15.1 Å². The monoisotopic (exact) mass is 749 g/mol. The molecule has 7 rings (SSSR count). The second-order valence-corrected chi connectivity index (χ2v) is 14.5. The molecule has 5 unspecified atom stereocenters. The Bertz CT molecular complexity index is 1910. The minimum atomic E-state index is -2.33. The average molecular weight is 750 g/mol. The molecule has 7 nitrogen and oxygen atoms in total. The molecule has 1 amide bonds. The molecule has 2 N–H and O–H groups in total. The van der Waals surface area contributed by atoms with Gasteiger partial charge >= 0.3 is 0 Å². The number of halogens is 5. The summed E-state index contributed by atoms with van der Waals surface area (Å²) in [6.07, 6.45) is 3.81. The Morgan fingerprint density at radius 1 is 0.778 bits per heavy atom. The Balaban J connectivity index is 1.10. The van der Waals surface area contributed by atoms with E-state index in [0.29, 0.717) is 17.2 Å². The number of hydrogen-bond donors (Lipinski definition) is 2. The van der Waals surface area contributed by atoms with Crippen molar-refractivity contribution in [3.63, 3.8) is 0 Å². The molecule has 12 heteroatoms. The van der Waals surface area contributed by atoms with Crippen molar-refractivity contribution in [1.29, 1.82) is 0 Å². The normalized spacial score (nSPS) is 23.6. The van der Waals surface area contributed by atoms with Crippen LogP contribution in [0.3, 0.4) is 0 Å². The Labute approximate surface area is 311 Å². The summed E-state index contributed by atoms with van der Waals surface area (Å²) >= 11 is 0. The molecular weight excluding hydrogens is 705 g/mol. The molecule has 5 atom stereocenters. The second kappa shape index (κ2) is 16.7. The van der Waals surface area contributed by atoms with Crippen LogP contribution in [0.4, 0.5) is 22.0 Å². The molecule has 3 saturated heterocycles. The van der Waals surface area contributed by atoms with Gasteiger partial charge in [-0.2, -0.15) is 0 Å². The van der Waals surface area contributed by atoms with Crippen molar-refractivity contribution in [2.75, 3.05) is 32.7 Å². The van der Waals surface area contributed by atoms with Crippen molar-refractivity contribution in [2.24, 2.45) is 5.92 Å². The summed E-state index contributed by atoms with van der Waals surface area (Å²) < 4.78 is 83.1. The number of rotatable bonds is 11. The Kier molecular flexibility index (Phi) is 11.8. The average Bonchev–Trinajstić information content (AvgIpc) is 3.89. The fourth-order valence-corrected chi connectivity index (χ4v) is 8.01. The quantitative estimate of drug-likeness (QED) is 0.0926. The molecule has 4 aromatic carbocycles. The van der Waals surface area contributed by atoms with E-state index in [1.807, 2.05) is 48.5 Å². The fraction of sp³-hybridized carbons (Fsp3) is 0.405. The van der Waals surface area contributed by atoms with E-state index < -0.39 is 46.8 Å². The lowest BCUT2D eigenvalue weighted by atomic mass is 9.89. The van der Waals surface area contributed by atoms with Crippen LogP contribution in [-0.2, 0) is 22.6 Å². The SMILES string of the molecule is CC1C(CN2CCCC2CN2CCCC2)OC(c2ccc(-c3ccccc3CNC(=O)c3c(F)c(F)c(F)c(F)c3F)cc2)OC1c1ccc(CO)cc1. The van der Waals surface area contributed by atoms with E-state index in [4.69, 9.17) is 9.47 Å². The molecule has 0 aliphatic carbocycles. The second-order valence-electron chi connectivity index (χ2n) is 14.5. The van der Waals surface area contributed by atoms with Crippen molar-refractivity contribution in [2.45, 2.75) is 70.3 Å². The third-order valence-electron chi connectivity index (χ3n) is 11.1. The van der Waals surface area contributed by atoms with Gasteiger partial charge in [0.1, 0.15) is 5.56 Å². The maximum absolute atomic E-state index is 14.3. The maximum atomic E-state index is 14.3. The van der Waals surface area contributed by atoms with Crippen LogP contribution in [0.15, 0.2) is 72.8 Å². The number of amides is 1. The van der Waals surface area contributed by atoms with Gasteiger partial charge in [0, 0.05) is 37.2 Å². The van der Waals surface area contributed by atoms with Gasteiger partial charge in [0.05, 0.1) is 18.8 Å². The summed E-state index contributed by atoms with van der Waals surface area (Å²) in [5, 5.41) is 11.9. The van der Waals surface area contributed by atoms with E-state index in [0.717, 1.165) is 61.4 Å². The van der Waals surface area contributed by atoms with Gasteiger partial charge in [-0.25, -0.2) is 22.0 Å². The molecular formula is C42H44F5N3O4. The van der Waals surface area contributed by atoms with Crippen LogP contribution in [0.1, 0.15) is 77.6 Å². The van der Waals surface area contributed by atoms with Gasteiger partial charge in [-0.15, -0.1) is 0 Å². The maximum Gasteiger partial charge on any atom is 0.257 e. The highest BCUT2D eigenvalue weighted by Gasteiger charge is 2.41. The van der Waals surface area contributed by atoms with Crippen LogP contribution in [0.5, 0.6) is 0 Å². The van der Waals surface area contributed by atoms with Gasteiger partial charge in [0.15, 0.2) is 29.6 Å². The predicted molar refractivity (Wildman–Crippen MR) is 193 cm³/mol. The van der Waals surface area contributed by atoms with E-state index in [1.54, 1.807) is 24.3 Å². The number of hydrogen-bond acceptors (Lipinski definition) is 6. The summed E-state index contributed by atoms with van der Waals surface area (Å²) in [4.78, 5) is 17.8. The first-order valence-electron chi connectivity index (χ1n) is 18.6. The minimum absolute atomic E-state index is 0.0421. The molecule has 3 heterocycles. The zero-order chi connectivity index (χ0) is 37.9. The molecule has 0 saturated carbocycles. The minimum Gasteiger partial charge on any atom is -0.392 e. The summed E-state index contributed by atoms with van der Waals surface area (Å²) in [7, 11) is 0. The molecule has 0 aromatic heterocycles. The van der Waals surface area contributed by atoms with Gasteiger partial charge in [-0.3, -0.25) is 9.69 Å². The van der Waals surface area contributed by atoms with Crippen molar-refractivity contribution >= 4 is 5.91 Å². The Morgan fingerprint density at radius 3 is 2.11 bits per heavy atom. The lowest BCUT2D eigenvalue weighted by Crippen LogP contribution is -2.48. The van der Waals surface area contributed by atoms with Crippen molar-refractivity contribution < 1.29 is 41.3 Å². The molecule has 54 heavy (non-hydrogen) atoms. The number of carbonyl (C=O) groups excluding carboxylic acids is 1. The summed E-state index contributed by atoms with van der Waals surface area (Å²) in [5.41, 5.74) is 3.11. The van der Waals surface area contributed by atoms with Crippen LogP contribution < -0.4 is 5.32 Å². The molecule has 4 aromatic rings. The van der Waals surface area contributed by atoms with E-state index in [9.17, 15) is 31.9 Å². The third kappa shape index (κ3) is 7.94. The number of aliphatic hydroxyl groups excluding tert-OH is 1. The highest BCUT2D eigenvalue weighted by molar-refractivity contribution is 5.95. The zero-order valence-corrected chi connectivity index (χ0v) is 30.0. The predicted octanol–water partition coefficient (Wildman–Crippen LogP) is 7.82. The lowest BCUT2D eigenvalue weighted by Gasteiger charge is -2.43. The van der Waals surface area contributed by atoms with Crippen LogP contribution in [0, 0.1) is 35.0 Å². The van der Waals surface area contributed by atoms with Gasteiger partial charge in [0.2, 0.25) is 5.82 Å². The van der Waals surface area contributed by atoms with E-state index >= 15 is 0 Å². The fourth-order valence-electron chi connectivity index (χ4n) is 8.01. The van der Waals surface area contributed by atoms with Crippen LogP contribution in [0.25, 0.3) is 11.1 Å². The first-order chi connectivity index (χ1) is 26.1. The highest BCUT2D eigenvalue weighted by atomic mass is 19.2. The van der Waals surface area contributed by atoms with Gasteiger partial charge in [0.25, 0.3) is 5.91 Å². The van der Waals surface area contributed by atoms with Gasteiger partial charge in [-0.05, 0) is 73.1 Å². The van der Waals surface area contributed by atoms with Gasteiger partial charge < -0.3 is 24.8 Å². The number of likely N-dealkylation sites (tertiary alicyclic amines) is 2. The number of nitrogens with zero attached hydrogens (tertiary/aromatic N) is 2. The number of carbonyl (C=O) groups is 1. The van der Waals surface area contributed by atoms with Crippen molar-refractivity contribution in [3.8, 4) is 11.1 Å². The topological polar surface area (TPSA) is 74.3 Å². The largest absolute Gasteiger partial charge is 0.392 e.